The van der Waals surface area contributed by atoms with Crippen molar-refractivity contribution >= 4 is 11.8 Å². The second-order valence-corrected chi connectivity index (χ2v) is 6.77. The number of pyridine rings is 1. The van der Waals surface area contributed by atoms with Gasteiger partial charge in [0.15, 0.2) is 11.6 Å². The fourth-order valence-electron chi connectivity index (χ4n) is 3.42. The zero-order valence-corrected chi connectivity index (χ0v) is 12.9. The van der Waals surface area contributed by atoms with Gasteiger partial charge in [-0.05, 0) is 31.4 Å². The number of amides is 2. The molecule has 0 bridgehead atoms. The van der Waals surface area contributed by atoms with Crippen molar-refractivity contribution in [1.29, 1.82) is 0 Å². The van der Waals surface area contributed by atoms with E-state index >= 15 is 0 Å². The van der Waals surface area contributed by atoms with Gasteiger partial charge in [-0.3, -0.25) is 0 Å². The molecule has 2 N–H and O–H groups in total. The van der Waals surface area contributed by atoms with Crippen molar-refractivity contribution in [2.24, 2.45) is 0 Å². The molecule has 0 radical (unpaired) electrons. The maximum Gasteiger partial charge on any atom is 0.317 e. The number of hydrogen-bond acceptors (Lipinski definition) is 4. The van der Waals surface area contributed by atoms with E-state index in [1.807, 2.05) is 4.90 Å². The first-order valence-corrected chi connectivity index (χ1v) is 8.20. The molecule has 1 spiro atoms. The molecule has 23 heavy (non-hydrogen) atoms. The maximum atomic E-state index is 13.7. The van der Waals surface area contributed by atoms with Crippen LogP contribution in [0.4, 0.5) is 15.0 Å². The monoisotopic (exact) mass is 320 g/mol. The van der Waals surface area contributed by atoms with Crippen LogP contribution in [0.15, 0.2) is 18.3 Å². The number of carbonyl (C=O) groups excluding carboxylic acids is 1. The molecule has 7 heteroatoms. The zero-order valence-electron chi connectivity index (χ0n) is 12.9. The van der Waals surface area contributed by atoms with Gasteiger partial charge in [0, 0.05) is 25.2 Å². The van der Waals surface area contributed by atoms with Crippen LogP contribution in [-0.2, 0) is 4.74 Å². The molecular formula is C16H21FN4O2. The third-order valence-corrected chi connectivity index (χ3v) is 4.82. The average Bonchev–Trinajstić information content (AvgIpc) is 3.12. The first kappa shape index (κ1) is 14.7. The second-order valence-electron chi connectivity index (χ2n) is 6.77. The van der Waals surface area contributed by atoms with Crippen molar-refractivity contribution in [3.05, 3.63) is 24.1 Å². The predicted molar refractivity (Wildman–Crippen MR) is 82.6 cm³/mol. The van der Waals surface area contributed by atoms with E-state index in [4.69, 9.17) is 4.74 Å². The lowest BCUT2D eigenvalue weighted by Crippen LogP contribution is -2.42. The van der Waals surface area contributed by atoms with Gasteiger partial charge in [0.25, 0.3) is 0 Å². The largest absolute Gasteiger partial charge is 0.371 e. The van der Waals surface area contributed by atoms with Crippen molar-refractivity contribution in [3.63, 3.8) is 0 Å². The van der Waals surface area contributed by atoms with Gasteiger partial charge >= 0.3 is 6.03 Å². The number of aromatic nitrogens is 1. The first-order chi connectivity index (χ1) is 11.1. The summed E-state index contributed by atoms with van der Waals surface area (Å²) < 4.78 is 19.7. The molecule has 2 atom stereocenters. The Hall–Kier alpha value is -1.89. The normalized spacial score (nSPS) is 30.0. The van der Waals surface area contributed by atoms with Gasteiger partial charge in [-0.1, -0.05) is 0 Å². The summed E-state index contributed by atoms with van der Waals surface area (Å²) in [5, 5.41) is 6.13. The Morgan fingerprint density at radius 2 is 2.30 bits per heavy atom. The Morgan fingerprint density at radius 1 is 1.43 bits per heavy atom. The van der Waals surface area contributed by atoms with Gasteiger partial charge in [0.05, 0.1) is 24.8 Å². The highest BCUT2D eigenvalue weighted by Crippen LogP contribution is 2.36. The summed E-state index contributed by atoms with van der Waals surface area (Å²) in [5.74, 6) is -0.0928. The Balaban J connectivity index is 1.34. The minimum atomic E-state index is -0.356. The van der Waals surface area contributed by atoms with Crippen LogP contribution in [0.25, 0.3) is 0 Å². The molecule has 3 fully saturated rings. The van der Waals surface area contributed by atoms with E-state index in [2.05, 4.69) is 15.6 Å². The minimum Gasteiger partial charge on any atom is -0.371 e. The molecule has 4 rings (SSSR count). The second kappa shape index (κ2) is 5.63. The van der Waals surface area contributed by atoms with Crippen LogP contribution >= 0.6 is 0 Å². The molecule has 2 saturated heterocycles. The summed E-state index contributed by atoms with van der Waals surface area (Å²) in [4.78, 5) is 18.0. The highest BCUT2D eigenvalue weighted by molar-refractivity contribution is 5.75. The van der Waals surface area contributed by atoms with Crippen LogP contribution in [0.1, 0.15) is 25.7 Å². The van der Waals surface area contributed by atoms with Crippen LogP contribution < -0.4 is 10.6 Å². The summed E-state index contributed by atoms with van der Waals surface area (Å²) >= 11 is 0. The van der Waals surface area contributed by atoms with Gasteiger partial charge in [-0.15, -0.1) is 0 Å². The molecule has 2 aliphatic heterocycles. The van der Waals surface area contributed by atoms with Gasteiger partial charge in [0.1, 0.15) is 0 Å². The molecule has 124 valence electrons. The van der Waals surface area contributed by atoms with Crippen LogP contribution in [-0.4, -0.2) is 53.3 Å². The van der Waals surface area contributed by atoms with Crippen LogP contribution in [0.3, 0.4) is 0 Å². The highest BCUT2D eigenvalue weighted by Gasteiger charge is 2.47. The molecule has 0 aromatic carbocycles. The first-order valence-electron chi connectivity index (χ1n) is 8.20. The number of halogens is 1. The van der Waals surface area contributed by atoms with Crippen molar-refractivity contribution in [2.75, 3.05) is 25.0 Å². The van der Waals surface area contributed by atoms with E-state index in [9.17, 15) is 9.18 Å². The standard InChI is InChI=1S/C16H21FN4O2/c17-13-2-1-6-18-14(13)19-12-8-16(23-9-12)5-7-21(10-16)15(22)20-11-3-4-11/h1-2,6,11-12H,3-5,7-10H2,(H,18,19)(H,20,22)/t12-,16-/m1/s1. The molecular weight excluding hydrogens is 299 g/mol. The van der Waals surface area contributed by atoms with E-state index in [0.29, 0.717) is 25.7 Å². The average molecular weight is 320 g/mol. The van der Waals surface area contributed by atoms with Crippen molar-refractivity contribution in [1.82, 2.24) is 15.2 Å². The lowest BCUT2D eigenvalue weighted by Gasteiger charge is -2.23. The maximum absolute atomic E-state index is 13.7. The van der Waals surface area contributed by atoms with Crippen molar-refractivity contribution in [3.8, 4) is 0 Å². The van der Waals surface area contributed by atoms with Crippen LogP contribution in [0.5, 0.6) is 0 Å². The number of anilines is 1. The summed E-state index contributed by atoms with van der Waals surface area (Å²) in [6, 6.07) is 3.36. The molecule has 1 aliphatic carbocycles. The number of ether oxygens (including phenoxy) is 1. The third kappa shape index (κ3) is 3.10. The van der Waals surface area contributed by atoms with Gasteiger partial charge in [-0.2, -0.15) is 0 Å². The quantitative estimate of drug-likeness (QED) is 0.890. The smallest absolute Gasteiger partial charge is 0.317 e. The Bertz CT molecular complexity index is 609. The Kier molecular flexibility index (Phi) is 3.60. The third-order valence-electron chi connectivity index (χ3n) is 4.82. The molecule has 1 aromatic heterocycles. The number of urea groups is 1. The molecule has 3 heterocycles. The van der Waals surface area contributed by atoms with E-state index < -0.39 is 0 Å². The fraction of sp³-hybridized carbons (Fsp3) is 0.625. The zero-order chi connectivity index (χ0) is 15.9. The topological polar surface area (TPSA) is 66.5 Å². The van der Waals surface area contributed by atoms with Crippen molar-refractivity contribution < 1.29 is 13.9 Å². The number of nitrogens with one attached hydrogen (secondary N) is 2. The summed E-state index contributed by atoms with van der Waals surface area (Å²) in [5.41, 5.74) is -0.302. The van der Waals surface area contributed by atoms with Crippen LogP contribution in [0.2, 0.25) is 0 Å². The molecule has 1 aromatic rings. The van der Waals surface area contributed by atoms with E-state index in [1.54, 1.807) is 12.3 Å². The Labute approximate surface area is 134 Å². The number of nitrogens with zero attached hydrogens (tertiary/aromatic N) is 2. The number of carbonyl (C=O) groups is 1. The SMILES string of the molecule is O=C(NC1CC1)N1CC[C@@]2(C[C@@H](Nc3ncccc3F)CO2)C1. The number of rotatable bonds is 3. The molecule has 3 aliphatic rings. The van der Waals surface area contributed by atoms with Crippen molar-refractivity contribution in [2.45, 2.75) is 43.4 Å². The molecule has 6 nitrogen and oxygen atoms in total. The molecule has 0 unspecified atom stereocenters. The van der Waals surface area contributed by atoms with Gasteiger partial charge < -0.3 is 20.3 Å². The van der Waals surface area contributed by atoms with Crippen LogP contribution in [0, 0.1) is 5.82 Å². The highest BCUT2D eigenvalue weighted by atomic mass is 19.1. The number of hydrogen-bond donors (Lipinski definition) is 2. The minimum absolute atomic E-state index is 0.0140. The van der Waals surface area contributed by atoms with E-state index in [-0.39, 0.29) is 29.3 Å². The number of likely N-dealkylation sites (tertiary alicyclic amines) is 1. The Morgan fingerprint density at radius 3 is 3.09 bits per heavy atom. The summed E-state index contributed by atoms with van der Waals surface area (Å²) in [6.45, 7) is 1.83. The predicted octanol–water partition coefficient (Wildman–Crippen LogP) is 1.74. The summed E-state index contributed by atoms with van der Waals surface area (Å²) in [7, 11) is 0. The van der Waals surface area contributed by atoms with Gasteiger partial charge in [0.2, 0.25) is 0 Å². The molecule has 1 saturated carbocycles. The summed E-state index contributed by atoms with van der Waals surface area (Å²) in [6.07, 6.45) is 5.33. The lowest BCUT2D eigenvalue weighted by molar-refractivity contribution is 0.0150. The van der Waals surface area contributed by atoms with Gasteiger partial charge in [-0.25, -0.2) is 14.2 Å². The van der Waals surface area contributed by atoms with E-state index in [0.717, 1.165) is 25.7 Å². The van der Waals surface area contributed by atoms with E-state index in [1.165, 1.54) is 6.07 Å². The lowest BCUT2D eigenvalue weighted by atomic mass is 9.97. The molecule has 2 amide bonds. The fourth-order valence-corrected chi connectivity index (χ4v) is 3.42.